The highest BCUT2D eigenvalue weighted by molar-refractivity contribution is 6.14. The molecule has 3 rings (SSSR count). The number of aryl methyl sites for hydroxylation is 1. The van der Waals surface area contributed by atoms with Crippen molar-refractivity contribution < 1.29 is 9.53 Å². The normalized spacial score (nSPS) is 16.1. The molecule has 1 aliphatic rings. The van der Waals surface area contributed by atoms with Crippen molar-refractivity contribution in [3.05, 3.63) is 53.3 Å². The van der Waals surface area contributed by atoms with Crippen LogP contribution in [0.2, 0.25) is 0 Å². The number of imidazole rings is 1. The van der Waals surface area contributed by atoms with Crippen LogP contribution in [0, 0.1) is 6.92 Å². The summed E-state index contributed by atoms with van der Waals surface area (Å²) in [5, 5.41) is 0. The number of allylic oxidation sites excluding steroid dienone is 1. The van der Waals surface area contributed by atoms with E-state index >= 15 is 0 Å². The van der Waals surface area contributed by atoms with E-state index in [2.05, 4.69) is 9.97 Å². The van der Waals surface area contributed by atoms with E-state index in [9.17, 15) is 4.79 Å². The topological polar surface area (TPSA) is 55.0 Å². The van der Waals surface area contributed by atoms with Crippen LogP contribution >= 0.6 is 0 Å². The summed E-state index contributed by atoms with van der Waals surface area (Å²) in [6, 6.07) is 7.21. The summed E-state index contributed by atoms with van der Waals surface area (Å²) in [6.45, 7) is 1.86. The van der Waals surface area contributed by atoms with Crippen LogP contribution in [0.5, 0.6) is 5.75 Å². The third kappa shape index (κ3) is 1.63. The van der Waals surface area contributed by atoms with E-state index in [0.29, 0.717) is 17.1 Å². The van der Waals surface area contributed by atoms with E-state index in [1.54, 1.807) is 24.4 Å². The molecule has 84 valence electrons. The molecule has 1 aromatic carbocycles. The number of nitrogens with one attached hydrogen (secondary N) is 1. The molecule has 4 heteroatoms. The minimum Gasteiger partial charge on any atom is -0.452 e. The maximum Gasteiger partial charge on any atom is 0.232 e. The molecule has 0 amide bonds. The predicted octanol–water partition coefficient (Wildman–Crippen LogP) is 2.33. The highest BCUT2D eigenvalue weighted by atomic mass is 16.5. The SMILES string of the molecule is Cc1ncc(/C=C2\Oc3ccccc3C2=O)[nH]1. The van der Waals surface area contributed by atoms with Crippen molar-refractivity contribution >= 4 is 11.9 Å². The molecule has 0 saturated carbocycles. The molecule has 2 aromatic rings. The summed E-state index contributed by atoms with van der Waals surface area (Å²) in [5.41, 5.74) is 1.37. The van der Waals surface area contributed by atoms with Crippen LogP contribution in [-0.2, 0) is 0 Å². The number of para-hydroxylation sites is 1. The first-order valence-electron chi connectivity index (χ1n) is 5.29. The molecule has 0 spiro atoms. The number of carbonyl (C=O) groups is 1. The molecule has 4 nitrogen and oxygen atoms in total. The molecule has 0 atom stereocenters. The second-order valence-electron chi connectivity index (χ2n) is 3.86. The van der Waals surface area contributed by atoms with Gasteiger partial charge in [-0.25, -0.2) is 4.98 Å². The first-order chi connectivity index (χ1) is 8.24. The summed E-state index contributed by atoms with van der Waals surface area (Å²) in [5.74, 6) is 1.66. The van der Waals surface area contributed by atoms with Crippen molar-refractivity contribution in [3.63, 3.8) is 0 Å². The molecule has 0 saturated heterocycles. The summed E-state index contributed by atoms with van der Waals surface area (Å²) in [4.78, 5) is 19.1. The van der Waals surface area contributed by atoms with E-state index in [-0.39, 0.29) is 5.78 Å². The molecule has 0 aliphatic carbocycles. The minimum atomic E-state index is -0.0900. The van der Waals surface area contributed by atoms with E-state index in [1.165, 1.54) is 0 Å². The fourth-order valence-electron chi connectivity index (χ4n) is 1.79. The number of benzene rings is 1. The monoisotopic (exact) mass is 226 g/mol. The van der Waals surface area contributed by atoms with Gasteiger partial charge in [0.05, 0.1) is 17.5 Å². The van der Waals surface area contributed by atoms with E-state index in [4.69, 9.17) is 4.74 Å². The lowest BCUT2D eigenvalue weighted by Crippen LogP contribution is -1.98. The number of hydrogen-bond donors (Lipinski definition) is 1. The average Bonchev–Trinajstić information content (AvgIpc) is 2.86. The fraction of sp³-hybridized carbons (Fsp3) is 0.0769. The number of nitrogens with zero attached hydrogens (tertiary/aromatic N) is 1. The lowest BCUT2D eigenvalue weighted by atomic mass is 10.1. The number of fused-ring (bicyclic) bond motifs is 1. The molecular weight excluding hydrogens is 216 g/mol. The van der Waals surface area contributed by atoms with Gasteiger partial charge in [-0.3, -0.25) is 4.79 Å². The smallest absolute Gasteiger partial charge is 0.232 e. The summed E-state index contributed by atoms with van der Waals surface area (Å²) >= 11 is 0. The Morgan fingerprint density at radius 1 is 1.35 bits per heavy atom. The van der Waals surface area contributed by atoms with Gasteiger partial charge < -0.3 is 9.72 Å². The molecule has 0 bridgehead atoms. The van der Waals surface area contributed by atoms with Gasteiger partial charge in [-0.15, -0.1) is 0 Å². The highest BCUT2D eigenvalue weighted by Gasteiger charge is 2.26. The number of rotatable bonds is 1. The van der Waals surface area contributed by atoms with Crippen LogP contribution in [0.4, 0.5) is 0 Å². The Labute approximate surface area is 98.0 Å². The largest absolute Gasteiger partial charge is 0.452 e. The van der Waals surface area contributed by atoms with Gasteiger partial charge in [-0.2, -0.15) is 0 Å². The van der Waals surface area contributed by atoms with Crippen molar-refractivity contribution in [2.45, 2.75) is 6.92 Å². The number of Topliss-reactive ketones (excluding diaryl/α,β-unsaturated/α-hetero) is 1. The van der Waals surface area contributed by atoms with Gasteiger partial charge in [0.25, 0.3) is 0 Å². The van der Waals surface area contributed by atoms with Gasteiger partial charge in [-0.1, -0.05) is 12.1 Å². The van der Waals surface area contributed by atoms with Crippen LogP contribution in [-0.4, -0.2) is 15.8 Å². The average molecular weight is 226 g/mol. The molecule has 0 radical (unpaired) electrons. The lowest BCUT2D eigenvalue weighted by molar-refractivity contribution is 0.101. The van der Waals surface area contributed by atoms with E-state index in [0.717, 1.165) is 11.5 Å². The minimum absolute atomic E-state index is 0.0900. The zero-order valence-electron chi connectivity index (χ0n) is 9.23. The van der Waals surface area contributed by atoms with Crippen LogP contribution in [0.15, 0.2) is 36.2 Å². The molecule has 1 aromatic heterocycles. The summed E-state index contributed by atoms with van der Waals surface area (Å²) < 4.78 is 5.50. The third-order valence-electron chi connectivity index (χ3n) is 2.58. The van der Waals surface area contributed by atoms with Crippen molar-refractivity contribution in [2.24, 2.45) is 0 Å². The van der Waals surface area contributed by atoms with Gasteiger partial charge in [0, 0.05) is 6.08 Å². The van der Waals surface area contributed by atoms with Crippen LogP contribution < -0.4 is 4.74 Å². The first-order valence-corrected chi connectivity index (χ1v) is 5.29. The Balaban J connectivity index is 1.99. The Bertz CT molecular complexity index is 626. The zero-order chi connectivity index (χ0) is 11.8. The number of carbonyl (C=O) groups excluding carboxylic acids is 1. The Morgan fingerprint density at radius 2 is 2.18 bits per heavy atom. The molecular formula is C13H10N2O2. The third-order valence-corrected chi connectivity index (χ3v) is 2.58. The van der Waals surface area contributed by atoms with Crippen LogP contribution in [0.25, 0.3) is 6.08 Å². The van der Waals surface area contributed by atoms with Crippen LogP contribution in [0.3, 0.4) is 0 Å². The highest BCUT2D eigenvalue weighted by Crippen LogP contribution is 2.30. The first kappa shape index (κ1) is 9.84. The summed E-state index contributed by atoms with van der Waals surface area (Å²) in [6.07, 6.45) is 3.34. The Kier molecular flexibility index (Phi) is 2.08. The second-order valence-corrected chi connectivity index (χ2v) is 3.86. The fourth-order valence-corrected chi connectivity index (χ4v) is 1.79. The Morgan fingerprint density at radius 3 is 2.88 bits per heavy atom. The molecule has 0 fully saturated rings. The molecule has 17 heavy (non-hydrogen) atoms. The van der Waals surface area contributed by atoms with Gasteiger partial charge in [0.2, 0.25) is 5.78 Å². The van der Waals surface area contributed by atoms with Gasteiger partial charge in [0.15, 0.2) is 5.76 Å². The van der Waals surface area contributed by atoms with E-state index in [1.807, 2.05) is 19.1 Å². The van der Waals surface area contributed by atoms with Crippen molar-refractivity contribution in [1.29, 1.82) is 0 Å². The van der Waals surface area contributed by atoms with Crippen LogP contribution in [0.1, 0.15) is 21.9 Å². The van der Waals surface area contributed by atoms with Gasteiger partial charge >= 0.3 is 0 Å². The summed E-state index contributed by atoms with van der Waals surface area (Å²) in [7, 11) is 0. The number of ether oxygens (including phenoxy) is 1. The molecule has 1 N–H and O–H groups in total. The van der Waals surface area contributed by atoms with Gasteiger partial charge in [0.1, 0.15) is 11.6 Å². The van der Waals surface area contributed by atoms with Crippen molar-refractivity contribution in [1.82, 2.24) is 9.97 Å². The lowest BCUT2D eigenvalue weighted by Gasteiger charge is -1.95. The van der Waals surface area contributed by atoms with Crippen molar-refractivity contribution in [3.8, 4) is 5.75 Å². The standard InChI is InChI=1S/C13H10N2O2/c1-8-14-7-9(15-8)6-12-13(16)10-4-2-3-5-11(10)17-12/h2-7H,1H3,(H,14,15)/b12-6-. The maximum absolute atomic E-state index is 12.0. The number of aromatic nitrogens is 2. The number of aromatic amines is 1. The molecule has 1 aliphatic heterocycles. The van der Waals surface area contributed by atoms with Gasteiger partial charge in [-0.05, 0) is 19.1 Å². The van der Waals surface area contributed by atoms with E-state index < -0.39 is 0 Å². The molecule has 2 heterocycles. The zero-order valence-corrected chi connectivity index (χ0v) is 9.23. The number of hydrogen-bond acceptors (Lipinski definition) is 3. The quantitative estimate of drug-likeness (QED) is 0.759. The predicted molar refractivity (Wildman–Crippen MR) is 62.7 cm³/mol. The maximum atomic E-state index is 12.0. The number of H-pyrrole nitrogens is 1. The molecule has 0 unspecified atom stereocenters. The number of ketones is 1. The second kappa shape index (κ2) is 3.59. The van der Waals surface area contributed by atoms with Crippen molar-refractivity contribution in [2.75, 3.05) is 0 Å². The Hall–Kier alpha value is -2.36.